The first-order valence-corrected chi connectivity index (χ1v) is 7.83. The van der Waals surface area contributed by atoms with Gasteiger partial charge in [-0.15, -0.1) is 0 Å². The summed E-state index contributed by atoms with van der Waals surface area (Å²) in [5, 5.41) is 6.30. The van der Waals surface area contributed by atoms with Crippen molar-refractivity contribution in [2.75, 3.05) is 7.05 Å². The van der Waals surface area contributed by atoms with Crippen molar-refractivity contribution in [3.8, 4) is 11.4 Å². The van der Waals surface area contributed by atoms with E-state index in [2.05, 4.69) is 32.2 Å². The Morgan fingerprint density at radius 1 is 1.29 bits per heavy atom. The van der Waals surface area contributed by atoms with E-state index in [1.807, 2.05) is 54.6 Å². The Balaban J connectivity index is 1.79. The van der Waals surface area contributed by atoms with Crippen LogP contribution in [0.4, 0.5) is 0 Å². The summed E-state index contributed by atoms with van der Waals surface area (Å²) >= 11 is 0. The van der Waals surface area contributed by atoms with E-state index in [4.69, 9.17) is 5.73 Å². The van der Waals surface area contributed by atoms with Gasteiger partial charge in [-0.3, -0.25) is 4.98 Å². The van der Waals surface area contributed by atoms with Gasteiger partial charge in [0.2, 0.25) is 0 Å². The molecule has 0 radical (unpaired) electrons. The number of likely N-dealkylation sites (N-methyl/N-ethyl adjacent to an activating group) is 1. The van der Waals surface area contributed by atoms with Gasteiger partial charge in [0.1, 0.15) is 18.3 Å². The molecular weight excluding hydrogens is 302 g/mol. The molecule has 0 saturated carbocycles. The number of aryl methyl sites for hydroxylation is 1. The number of nitrogens with two attached hydrogens (primary N) is 1. The number of hydrogen-bond donors (Lipinski definition) is 2. The normalized spacial score (nSPS) is 19.0. The van der Waals surface area contributed by atoms with Crippen molar-refractivity contribution in [3.63, 3.8) is 0 Å². The molecule has 2 aliphatic heterocycles. The molecule has 0 amide bonds. The van der Waals surface area contributed by atoms with E-state index in [-0.39, 0.29) is 6.17 Å². The van der Waals surface area contributed by atoms with E-state index >= 15 is 0 Å². The number of aromatic amines is 1. The van der Waals surface area contributed by atoms with Crippen LogP contribution in [-0.2, 0) is 6.54 Å². The summed E-state index contributed by atoms with van der Waals surface area (Å²) in [6.07, 6.45) is 8.12. The minimum absolute atomic E-state index is 0.127. The maximum absolute atomic E-state index is 5.78. The number of imidazole rings is 1. The van der Waals surface area contributed by atoms with Crippen LogP contribution in [0.2, 0.25) is 0 Å². The monoisotopic (exact) mass is 321 g/mol. The third kappa shape index (κ3) is 2.39. The molecule has 7 heteroatoms. The second-order valence-electron chi connectivity index (χ2n) is 5.91. The lowest BCUT2D eigenvalue weighted by Gasteiger charge is -2.26. The zero-order valence-electron chi connectivity index (χ0n) is 13.6. The molecule has 0 fully saturated rings. The number of pyridine rings is 1. The molecule has 4 rings (SSSR count). The largest absolute Gasteiger partial charge is 0.339 e. The summed E-state index contributed by atoms with van der Waals surface area (Å²) in [5.74, 6) is 0.738. The first-order valence-electron chi connectivity index (χ1n) is 7.83. The molecule has 0 aromatic carbocycles. The molecule has 3 N–H and O–H groups in total. The highest BCUT2D eigenvalue weighted by Gasteiger charge is 2.26. The van der Waals surface area contributed by atoms with Crippen molar-refractivity contribution < 1.29 is 0 Å². The molecular formula is C17H19N7. The third-order valence-electron chi connectivity index (χ3n) is 4.14. The maximum Gasteiger partial charge on any atom is 0.142 e. The molecule has 0 aliphatic carbocycles. The lowest BCUT2D eigenvalue weighted by Crippen LogP contribution is -2.34. The second kappa shape index (κ2) is 5.61. The number of rotatable bonds is 3. The van der Waals surface area contributed by atoms with Gasteiger partial charge in [-0.05, 0) is 25.1 Å². The number of hydrazone groups is 1. The van der Waals surface area contributed by atoms with Crippen LogP contribution >= 0.6 is 0 Å². The average molecular weight is 321 g/mol. The van der Waals surface area contributed by atoms with Crippen LogP contribution in [0.25, 0.3) is 17.0 Å². The summed E-state index contributed by atoms with van der Waals surface area (Å²) in [6, 6.07) is 5.94. The highest BCUT2D eigenvalue weighted by molar-refractivity contribution is 5.82. The quantitative estimate of drug-likeness (QED) is 0.898. The Labute approximate surface area is 140 Å². The SMILES string of the molecule is Cc1cccc(-c2[nH]c(CN)nc2C2=CN3N=CN(C)C3C=C2)n1. The number of allylic oxidation sites excluding steroid dienone is 2. The van der Waals surface area contributed by atoms with Crippen LogP contribution < -0.4 is 5.73 Å². The standard InChI is InChI=1S/C17H19N7/c1-11-4-3-5-13(20-11)17-16(21-14(8-18)22-17)12-6-7-15-23(2)10-19-24(15)9-12/h3-7,9-10,15H,8,18H2,1-2H3,(H,21,22). The Morgan fingerprint density at radius 3 is 2.96 bits per heavy atom. The van der Waals surface area contributed by atoms with Crippen LogP contribution in [-0.4, -0.2) is 44.4 Å². The molecule has 2 aliphatic rings. The zero-order chi connectivity index (χ0) is 16.7. The lowest BCUT2D eigenvalue weighted by molar-refractivity contribution is 0.255. The van der Waals surface area contributed by atoms with Gasteiger partial charge >= 0.3 is 0 Å². The third-order valence-corrected chi connectivity index (χ3v) is 4.14. The Hall–Kier alpha value is -2.93. The predicted molar refractivity (Wildman–Crippen MR) is 93.4 cm³/mol. The average Bonchev–Trinajstić information content (AvgIpc) is 3.19. The molecule has 24 heavy (non-hydrogen) atoms. The van der Waals surface area contributed by atoms with Gasteiger partial charge in [0, 0.05) is 24.5 Å². The van der Waals surface area contributed by atoms with Gasteiger partial charge in [0.25, 0.3) is 0 Å². The lowest BCUT2D eigenvalue weighted by atomic mass is 10.1. The minimum atomic E-state index is 0.127. The van der Waals surface area contributed by atoms with Crippen LogP contribution in [0.5, 0.6) is 0 Å². The van der Waals surface area contributed by atoms with Crippen molar-refractivity contribution in [1.29, 1.82) is 0 Å². The summed E-state index contributed by atoms with van der Waals surface area (Å²) in [6.45, 7) is 2.32. The smallest absolute Gasteiger partial charge is 0.142 e. The van der Waals surface area contributed by atoms with Gasteiger partial charge in [-0.25, -0.2) is 9.99 Å². The topological polar surface area (TPSA) is 86.4 Å². The van der Waals surface area contributed by atoms with Gasteiger partial charge in [-0.2, -0.15) is 5.10 Å². The molecule has 1 atom stereocenters. The van der Waals surface area contributed by atoms with E-state index in [9.17, 15) is 0 Å². The number of H-pyrrole nitrogens is 1. The van der Waals surface area contributed by atoms with E-state index < -0.39 is 0 Å². The fourth-order valence-corrected chi connectivity index (χ4v) is 2.91. The summed E-state index contributed by atoms with van der Waals surface area (Å²) in [4.78, 5) is 14.6. The van der Waals surface area contributed by atoms with Crippen LogP contribution in [0.15, 0.2) is 41.7 Å². The highest BCUT2D eigenvalue weighted by atomic mass is 15.6. The number of nitrogens with one attached hydrogen (secondary N) is 1. The fourth-order valence-electron chi connectivity index (χ4n) is 2.91. The van der Waals surface area contributed by atoms with Gasteiger partial charge in [-0.1, -0.05) is 12.1 Å². The zero-order valence-corrected chi connectivity index (χ0v) is 13.6. The predicted octanol–water partition coefficient (Wildman–Crippen LogP) is 1.67. The molecule has 0 saturated heterocycles. The molecule has 0 bridgehead atoms. The van der Waals surface area contributed by atoms with Crippen molar-refractivity contribution >= 4 is 11.9 Å². The Morgan fingerprint density at radius 2 is 2.17 bits per heavy atom. The van der Waals surface area contributed by atoms with Crippen molar-refractivity contribution in [3.05, 3.63) is 53.8 Å². The van der Waals surface area contributed by atoms with Crippen molar-refractivity contribution in [2.45, 2.75) is 19.6 Å². The Bertz CT molecular complexity index is 862. The van der Waals surface area contributed by atoms with E-state index in [0.29, 0.717) is 6.54 Å². The van der Waals surface area contributed by atoms with Crippen LogP contribution in [0, 0.1) is 6.92 Å². The van der Waals surface area contributed by atoms with E-state index in [1.54, 1.807) is 0 Å². The number of fused-ring (bicyclic) bond motifs is 1. The second-order valence-corrected chi connectivity index (χ2v) is 5.91. The van der Waals surface area contributed by atoms with E-state index in [1.165, 1.54) is 0 Å². The minimum Gasteiger partial charge on any atom is -0.339 e. The Kier molecular flexibility index (Phi) is 3.42. The molecule has 0 spiro atoms. The molecule has 122 valence electrons. The van der Waals surface area contributed by atoms with Crippen molar-refractivity contribution in [1.82, 2.24) is 24.9 Å². The number of nitrogens with zero attached hydrogens (tertiary/aromatic N) is 5. The fraction of sp³-hybridized carbons (Fsp3) is 0.235. The van der Waals surface area contributed by atoms with Crippen LogP contribution in [0.3, 0.4) is 0 Å². The first kappa shape index (κ1) is 14.6. The van der Waals surface area contributed by atoms with Gasteiger partial charge in [0.15, 0.2) is 0 Å². The molecule has 4 heterocycles. The number of hydrogen-bond acceptors (Lipinski definition) is 6. The molecule has 2 aromatic heterocycles. The summed E-state index contributed by atoms with van der Waals surface area (Å²) in [7, 11) is 2.00. The maximum atomic E-state index is 5.78. The summed E-state index contributed by atoms with van der Waals surface area (Å²) in [5.41, 5.74) is 10.3. The van der Waals surface area contributed by atoms with Crippen LogP contribution in [0.1, 0.15) is 17.2 Å². The highest BCUT2D eigenvalue weighted by Crippen LogP contribution is 2.31. The molecule has 2 aromatic rings. The first-order chi connectivity index (χ1) is 11.7. The molecule has 7 nitrogen and oxygen atoms in total. The van der Waals surface area contributed by atoms with E-state index in [0.717, 1.165) is 34.2 Å². The number of aromatic nitrogens is 3. The van der Waals surface area contributed by atoms with Crippen molar-refractivity contribution in [2.24, 2.45) is 10.8 Å². The van der Waals surface area contributed by atoms with Gasteiger partial charge < -0.3 is 15.6 Å². The molecule has 1 unspecified atom stereocenters. The summed E-state index contributed by atoms with van der Waals surface area (Å²) < 4.78 is 0. The van der Waals surface area contributed by atoms with Gasteiger partial charge in [0.05, 0.1) is 23.6 Å².